The minimum atomic E-state index is -1.26. The van der Waals surface area contributed by atoms with E-state index in [4.69, 9.17) is 4.52 Å². The molecule has 0 aliphatic rings. The summed E-state index contributed by atoms with van der Waals surface area (Å²) in [5.74, 6) is -0.0304. The molecule has 1 aromatic carbocycles. The van der Waals surface area contributed by atoms with Crippen molar-refractivity contribution < 1.29 is 13.5 Å². The van der Waals surface area contributed by atoms with Crippen molar-refractivity contribution in [3.8, 4) is 11.3 Å². The Hall–Kier alpha value is -1.63. The van der Waals surface area contributed by atoms with Gasteiger partial charge >= 0.3 is 0 Å². The standard InChI is InChI=1S/C17H21FN2O2S/c1-5-8-14(20-23(21)17(2,3)4)15-11-16(22-19-15)12-9-6-7-10-13(12)18/h5-7,9-11,14,20H,1,8H2,2-4H3. The summed E-state index contributed by atoms with van der Waals surface area (Å²) in [7, 11) is 0. The van der Waals surface area contributed by atoms with Gasteiger partial charge in [0.1, 0.15) is 22.3 Å². The Kier molecular flexibility index (Phi) is 5.62. The normalized spacial score (nSPS) is 14.5. The van der Waals surface area contributed by atoms with E-state index >= 15 is 0 Å². The molecule has 0 amide bonds. The minimum absolute atomic E-state index is 0.308. The Morgan fingerprint density at radius 3 is 2.74 bits per heavy atom. The molecule has 0 radical (unpaired) electrons. The lowest BCUT2D eigenvalue weighted by Crippen LogP contribution is -2.41. The Labute approximate surface area is 139 Å². The van der Waals surface area contributed by atoms with Crippen LogP contribution in [0.3, 0.4) is 0 Å². The van der Waals surface area contributed by atoms with E-state index in [1.54, 1.807) is 30.3 Å². The van der Waals surface area contributed by atoms with Gasteiger partial charge in [0.2, 0.25) is 0 Å². The van der Waals surface area contributed by atoms with E-state index in [0.717, 1.165) is 0 Å². The van der Waals surface area contributed by atoms with Gasteiger partial charge < -0.3 is 9.08 Å². The SMILES string of the molecule is C=CCC(N[S+]([O-])C(C)(C)C)c1cc(-c2ccccc2F)on1. The summed E-state index contributed by atoms with van der Waals surface area (Å²) < 4.78 is 34.0. The number of nitrogens with one attached hydrogen (secondary N) is 1. The molecule has 1 N–H and O–H groups in total. The molecule has 2 unspecified atom stereocenters. The van der Waals surface area contributed by atoms with Crippen molar-refractivity contribution in [1.82, 2.24) is 9.88 Å². The summed E-state index contributed by atoms with van der Waals surface area (Å²) in [6.45, 7) is 9.37. The number of hydrogen-bond acceptors (Lipinski definition) is 4. The average molecular weight is 336 g/mol. The zero-order valence-electron chi connectivity index (χ0n) is 13.5. The van der Waals surface area contributed by atoms with Crippen LogP contribution in [0.1, 0.15) is 38.9 Å². The van der Waals surface area contributed by atoms with Gasteiger partial charge in [0.15, 0.2) is 5.76 Å². The lowest BCUT2D eigenvalue weighted by Gasteiger charge is -2.26. The number of benzene rings is 1. The van der Waals surface area contributed by atoms with Crippen molar-refractivity contribution >= 4 is 11.4 Å². The molecule has 2 rings (SSSR count). The Morgan fingerprint density at radius 1 is 1.43 bits per heavy atom. The number of nitrogens with zero attached hydrogens (tertiary/aromatic N) is 1. The first-order valence-electron chi connectivity index (χ1n) is 7.33. The van der Waals surface area contributed by atoms with Crippen molar-refractivity contribution in [3.63, 3.8) is 0 Å². The second-order valence-electron chi connectivity index (χ2n) is 6.17. The minimum Gasteiger partial charge on any atom is -0.598 e. The van der Waals surface area contributed by atoms with E-state index in [2.05, 4.69) is 16.5 Å². The summed E-state index contributed by atoms with van der Waals surface area (Å²) in [5, 5.41) is 4.00. The highest BCUT2D eigenvalue weighted by Gasteiger charge is 2.30. The Morgan fingerprint density at radius 2 is 2.13 bits per heavy atom. The molecule has 2 aromatic rings. The van der Waals surface area contributed by atoms with E-state index < -0.39 is 16.1 Å². The van der Waals surface area contributed by atoms with E-state index in [-0.39, 0.29) is 11.9 Å². The zero-order chi connectivity index (χ0) is 17.0. The molecule has 0 spiro atoms. The highest BCUT2D eigenvalue weighted by molar-refractivity contribution is 7.90. The number of hydrogen-bond donors (Lipinski definition) is 1. The van der Waals surface area contributed by atoms with E-state index in [0.29, 0.717) is 23.4 Å². The van der Waals surface area contributed by atoms with E-state index in [1.807, 2.05) is 20.8 Å². The first-order chi connectivity index (χ1) is 10.8. The molecule has 0 fully saturated rings. The number of aromatic nitrogens is 1. The average Bonchev–Trinajstić information content (AvgIpc) is 2.95. The van der Waals surface area contributed by atoms with Crippen LogP contribution in [0.4, 0.5) is 4.39 Å². The molecule has 1 aromatic heterocycles. The maximum absolute atomic E-state index is 13.8. The van der Waals surface area contributed by atoms with Crippen LogP contribution in [0.25, 0.3) is 11.3 Å². The Balaban J connectivity index is 2.24. The third-order valence-electron chi connectivity index (χ3n) is 3.23. The van der Waals surface area contributed by atoms with E-state index in [1.165, 1.54) is 6.07 Å². The summed E-state index contributed by atoms with van der Waals surface area (Å²) in [5.41, 5.74) is 0.918. The second-order valence-corrected chi connectivity index (χ2v) is 8.17. The molecule has 1 heterocycles. The van der Waals surface area contributed by atoms with Crippen LogP contribution in [0.5, 0.6) is 0 Å². The smallest absolute Gasteiger partial charge is 0.170 e. The molecule has 0 aliphatic carbocycles. The van der Waals surface area contributed by atoms with Crippen LogP contribution in [-0.4, -0.2) is 14.5 Å². The summed E-state index contributed by atoms with van der Waals surface area (Å²) in [4.78, 5) is 0. The fourth-order valence-corrected chi connectivity index (χ4v) is 2.77. The topological polar surface area (TPSA) is 61.1 Å². The molecule has 0 saturated heterocycles. The quantitative estimate of drug-likeness (QED) is 0.636. The molecule has 124 valence electrons. The number of halogens is 1. The van der Waals surface area contributed by atoms with Gasteiger partial charge in [-0.25, -0.2) is 4.39 Å². The van der Waals surface area contributed by atoms with Crippen LogP contribution in [-0.2, 0) is 11.4 Å². The van der Waals surface area contributed by atoms with Crippen molar-refractivity contribution in [2.75, 3.05) is 0 Å². The van der Waals surface area contributed by atoms with E-state index in [9.17, 15) is 8.94 Å². The lowest BCUT2D eigenvalue weighted by atomic mass is 10.1. The highest BCUT2D eigenvalue weighted by Crippen LogP contribution is 2.28. The first-order valence-corrected chi connectivity index (χ1v) is 8.48. The zero-order valence-corrected chi connectivity index (χ0v) is 14.3. The van der Waals surface area contributed by atoms with Gasteiger partial charge in [0.25, 0.3) is 0 Å². The molecule has 2 atom stereocenters. The summed E-state index contributed by atoms with van der Waals surface area (Å²) in [6.07, 6.45) is 2.25. The highest BCUT2D eigenvalue weighted by atomic mass is 32.2. The van der Waals surface area contributed by atoms with Gasteiger partial charge in [-0.15, -0.1) is 11.3 Å². The lowest BCUT2D eigenvalue weighted by molar-refractivity contribution is 0.410. The van der Waals surface area contributed by atoms with Gasteiger partial charge in [-0.1, -0.05) is 23.4 Å². The predicted molar refractivity (Wildman–Crippen MR) is 90.5 cm³/mol. The summed E-state index contributed by atoms with van der Waals surface area (Å²) in [6, 6.07) is 7.70. The maximum atomic E-state index is 13.8. The largest absolute Gasteiger partial charge is 0.598 e. The maximum Gasteiger partial charge on any atom is 0.170 e. The number of rotatable bonds is 6. The molecular formula is C17H21FN2O2S. The monoisotopic (exact) mass is 336 g/mol. The van der Waals surface area contributed by atoms with Gasteiger partial charge in [-0.3, -0.25) is 0 Å². The molecule has 0 aliphatic heterocycles. The predicted octanol–water partition coefficient (Wildman–Crippen LogP) is 4.15. The van der Waals surface area contributed by atoms with Crippen molar-refractivity contribution in [1.29, 1.82) is 0 Å². The molecule has 0 bridgehead atoms. The molecule has 6 heteroatoms. The van der Waals surface area contributed by atoms with Crippen LogP contribution in [0.2, 0.25) is 0 Å². The van der Waals surface area contributed by atoms with Gasteiger partial charge in [0, 0.05) is 17.4 Å². The van der Waals surface area contributed by atoms with Crippen LogP contribution >= 0.6 is 0 Å². The first kappa shape index (κ1) is 17.7. The van der Waals surface area contributed by atoms with Crippen LogP contribution < -0.4 is 4.72 Å². The second kappa shape index (κ2) is 7.29. The molecular weight excluding hydrogens is 315 g/mol. The molecule has 4 nitrogen and oxygen atoms in total. The summed E-state index contributed by atoms with van der Waals surface area (Å²) >= 11 is -1.26. The fourth-order valence-electron chi connectivity index (χ4n) is 1.94. The van der Waals surface area contributed by atoms with Crippen molar-refractivity contribution in [2.45, 2.75) is 38.0 Å². The Bertz CT molecular complexity index is 667. The fraction of sp³-hybridized carbons (Fsp3) is 0.353. The molecule has 23 heavy (non-hydrogen) atoms. The third-order valence-corrected chi connectivity index (χ3v) is 4.84. The van der Waals surface area contributed by atoms with Crippen LogP contribution in [0.15, 0.2) is 47.5 Å². The van der Waals surface area contributed by atoms with Gasteiger partial charge in [-0.2, -0.15) is 0 Å². The van der Waals surface area contributed by atoms with Gasteiger partial charge in [0.05, 0.1) is 5.56 Å². The van der Waals surface area contributed by atoms with Crippen LogP contribution in [0, 0.1) is 5.82 Å². The molecule has 0 saturated carbocycles. The van der Waals surface area contributed by atoms with Gasteiger partial charge in [-0.05, 0) is 39.3 Å². The van der Waals surface area contributed by atoms with Crippen molar-refractivity contribution in [3.05, 3.63) is 54.5 Å². The third kappa shape index (κ3) is 4.43. The van der Waals surface area contributed by atoms with Crippen molar-refractivity contribution in [2.24, 2.45) is 0 Å².